The molecule has 1 aliphatic heterocycles. The Morgan fingerprint density at radius 3 is 3.11 bits per heavy atom. The topological polar surface area (TPSA) is 41.6 Å². The first-order valence-corrected chi connectivity index (χ1v) is 7.11. The summed E-state index contributed by atoms with van der Waals surface area (Å²) in [5.74, 6) is 0. The summed E-state index contributed by atoms with van der Waals surface area (Å²) in [4.78, 5) is 14.1. The molecule has 0 spiro atoms. The molecule has 1 heterocycles. The molecule has 2 rings (SSSR count). The Labute approximate surface area is 109 Å². The number of amides is 2. The summed E-state index contributed by atoms with van der Waals surface area (Å²) in [6.07, 6.45) is 9.82. The molecular formula is C14H24N2O2. The number of nitrogens with zero attached hydrogens (tertiary/aromatic N) is 1. The lowest BCUT2D eigenvalue weighted by molar-refractivity contribution is -0.0184. The third kappa shape index (κ3) is 3.73. The number of carbonyl (C=O) groups excluding carboxylic acids is 1. The second-order valence-corrected chi connectivity index (χ2v) is 5.16. The van der Waals surface area contributed by atoms with E-state index in [2.05, 4.69) is 24.4 Å². The molecule has 4 heteroatoms. The normalized spacial score (nSPS) is 28.2. The number of rotatable bonds is 3. The minimum Gasteiger partial charge on any atom is -0.375 e. The summed E-state index contributed by atoms with van der Waals surface area (Å²) in [7, 11) is 0. The first-order valence-electron chi connectivity index (χ1n) is 7.11. The lowest BCUT2D eigenvalue weighted by atomic mass is 10.0. The standard InChI is InChI=1S/C14H24N2O2/c1-2-6-13-11-16(9-10-18-13)14(17)15-12-7-4-3-5-8-12/h3-4,12-13H,2,5-11H2,1H3,(H,15,17). The highest BCUT2D eigenvalue weighted by atomic mass is 16.5. The summed E-state index contributed by atoms with van der Waals surface area (Å²) in [6.45, 7) is 4.27. The first kappa shape index (κ1) is 13.4. The van der Waals surface area contributed by atoms with Crippen LogP contribution in [0.4, 0.5) is 4.79 Å². The van der Waals surface area contributed by atoms with Gasteiger partial charge < -0.3 is 15.0 Å². The van der Waals surface area contributed by atoms with Crippen LogP contribution in [0.25, 0.3) is 0 Å². The Bertz CT molecular complexity index is 302. The maximum atomic E-state index is 12.2. The molecular weight excluding hydrogens is 228 g/mol. The number of nitrogens with one attached hydrogen (secondary N) is 1. The Morgan fingerprint density at radius 1 is 1.50 bits per heavy atom. The van der Waals surface area contributed by atoms with Crippen LogP contribution in [0.5, 0.6) is 0 Å². The molecule has 4 nitrogen and oxygen atoms in total. The van der Waals surface area contributed by atoms with Crippen LogP contribution in [0.2, 0.25) is 0 Å². The van der Waals surface area contributed by atoms with Crippen molar-refractivity contribution in [2.75, 3.05) is 19.7 Å². The Morgan fingerprint density at radius 2 is 2.39 bits per heavy atom. The highest BCUT2D eigenvalue weighted by Gasteiger charge is 2.25. The molecule has 0 saturated carbocycles. The molecule has 2 atom stereocenters. The van der Waals surface area contributed by atoms with Crippen LogP contribution < -0.4 is 5.32 Å². The molecule has 1 fully saturated rings. The molecule has 1 saturated heterocycles. The van der Waals surface area contributed by atoms with Crippen LogP contribution in [0, 0.1) is 0 Å². The number of urea groups is 1. The summed E-state index contributed by atoms with van der Waals surface area (Å²) in [5.41, 5.74) is 0. The van der Waals surface area contributed by atoms with E-state index in [1.807, 2.05) is 4.90 Å². The molecule has 102 valence electrons. The maximum absolute atomic E-state index is 12.2. The van der Waals surface area contributed by atoms with E-state index in [1.165, 1.54) is 0 Å². The fourth-order valence-electron chi connectivity index (χ4n) is 2.59. The molecule has 1 aliphatic carbocycles. The summed E-state index contributed by atoms with van der Waals surface area (Å²) < 4.78 is 5.66. The van der Waals surface area contributed by atoms with Gasteiger partial charge in [-0.05, 0) is 25.7 Å². The van der Waals surface area contributed by atoms with E-state index >= 15 is 0 Å². The van der Waals surface area contributed by atoms with Crippen molar-refractivity contribution in [1.29, 1.82) is 0 Å². The molecule has 0 aromatic carbocycles. The number of morpholine rings is 1. The van der Waals surface area contributed by atoms with Crippen molar-refractivity contribution in [1.82, 2.24) is 10.2 Å². The van der Waals surface area contributed by atoms with Crippen molar-refractivity contribution in [2.45, 2.75) is 51.2 Å². The van der Waals surface area contributed by atoms with Gasteiger partial charge in [0.15, 0.2) is 0 Å². The van der Waals surface area contributed by atoms with E-state index in [-0.39, 0.29) is 12.1 Å². The molecule has 0 bridgehead atoms. The van der Waals surface area contributed by atoms with E-state index in [9.17, 15) is 4.79 Å². The fourth-order valence-corrected chi connectivity index (χ4v) is 2.59. The maximum Gasteiger partial charge on any atom is 0.317 e. The van der Waals surface area contributed by atoms with Crippen molar-refractivity contribution in [2.24, 2.45) is 0 Å². The SMILES string of the molecule is CCCC1CN(C(=O)NC2CC=CCC2)CCO1. The first-order chi connectivity index (χ1) is 8.79. The number of ether oxygens (including phenoxy) is 1. The molecule has 0 aromatic rings. The van der Waals surface area contributed by atoms with Gasteiger partial charge in [-0.3, -0.25) is 0 Å². The van der Waals surface area contributed by atoms with E-state index in [4.69, 9.17) is 4.74 Å². The smallest absolute Gasteiger partial charge is 0.317 e. The zero-order valence-electron chi connectivity index (χ0n) is 11.2. The molecule has 2 unspecified atom stereocenters. The Balaban J connectivity index is 1.78. The second kappa shape index (κ2) is 6.78. The lowest BCUT2D eigenvalue weighted by Crippen LogP contribution is -2.51. The van der Waals surface area contributed by atoms with Crippen LogP contribution in [-0.4, -0.2) is 42.8 Å². The zero-order valence-corrected chi connectivity index (χ0v) is 11.2. The Kier molecular flexibility index (Phi) is 5.05. The third-order valence-corrected chi connectivity index (χ3v) is 3.63. The van der Waals surface area contributed by atoms with E-state index in [0.29, 0.717) is 19.2 Å². The van der Waals surface area contributed by atoms with Crippen LogP contribution >= 0.6 is 0 Å². The van der Waals surface area contributed by atoms with Gasteiger partial charge in [0.05, 0.1) is 12.7 Å². The van der Waals surface area contributed by atoms with Crippen LogP contribution in [-0.2, 0) is 4.74 Å². The highest BCUT2D eigenvalue weighted by Crippen LogP contribution is 2.13. The highest BCUT2D eigenvalue weighted by molar-refractivity contribution is 5.74. The number of hydrogen-bond donors (Lipinski definition) is 1. The molecule has 2 amide bonds. The zero-order chi connectivity index (χ0) is 12.8. The van der Waals surface area contributed by atoms with Crippen molar-refractivity contribution >= 4 is 6.03 Å². The summed E-state index contributed by atoms with van der Waals surface area (Å²) >= 11 is 0. The third-order valence-electron chi connectivity index (χ3n) is 3.63. The molecule has 0 aromatic heterocycles. The largest absolute Gasteiger partial charge is 0.375 e. The van der Waals surface area contributed by atoms with E-state index in [0.717, 1.165) is 38.6 Å². The van der Waals surface area contributed by atoms with Crippen LogP contribution in [0.15, 0.2) is 12.2 Å². The predicted molar refractivity (Wildman–Crippen MR) is 71.5 cm³/mol. The summed E-state index contributed by atoms with van der Waals surface area (Å²) in [6, 6.07) is 0.398. The molecule has 2 aliphatic rings. The average molecular weight is 252 g/mol. The monoisotopic (exact) mass is 252 g/mol. The van der Waals surface area contributed by atoms with Crippen LogP contribution in [0.3, 0.4) is 0 Å². The average Bonchev–Trinajstić information content (AvgIpc) is 2.40. The number of allylic oxidation sites excluding steroid dienone is 1. The van der Waals surface area contributed by atoms with Crippen LogP contribution in [0.1, 0.15) is 39.0 Å². The minimum absolute atomic E-state index is 0.0831. The van der Waals surface area contributed by atoms with Crippen molar-refractivity contribution in [3.05, 3.63) is 12.2 Å². The summed E-state index contributed by atoms with van der Waals surface area (Å²) in [5, 5.41) is 3.13. The van der Waals surface area contributed by atoms with Crippen molar-refractivity contribution < 1.29 is 9.53 Å². The second-order valence-electron chi connectivity index (χ2n) is 5.16. The van der Waals surface area contributed by atoms with Gasteiger partial charge in [-0.25, -0.2) is 4.79 Å². The van der Waals surface area contributed by atoms with Gasteiger partial charge in [-0.15, -0.1) is 0 Å². The van der Waals surface area contributed by atoms with Gasteiger partial charge in [0.1, 0.15) is 0 Å². The van der Waals surface area contributed by atoms with Crippen molar-refractivity contribution in [3.8, 4) is 0 Å². The van der Waals surface area contributed by atoms with Gasteiger partial charge in [-0.1, -0.05) is 25.5 Å². The quantitative estimate of drug-likeness (QED) is 0.783. The van der Waals surface area contributed by atoms with E-state index < -0.39 is 0 Å². The Hall–Kier alpha value is -1.03. The molecule has 1 N–H and O–H groups in total. The lowest BCUT2D eigenvalue weighted by Gasteiger charge is -2.34. The van der Waals surface area contributed by atoms with E-state index in [1.54, 1.807) is 0 Å². The predicted octanol–water partition coefficient (Wildman–Crippen LogP) is 2.31. The minimum atomic E-state index is 0.0831. The fraction of sp³-hybridized carbons (Fsp3) is 0.786. The van der Waals surface area contributed by atoms with Crippen molar-refractivity contribution in [3.63, 3.8) is 0 Å². The van der Waals surface area contributed by atoms with Gasteiger partial charge in [-0.2, -0.15) is 0 Å². The van der Waals surface area contributed by atoms with Gasteiger partial charge in [0, 0.05) is 19.1 Å². The number of hydrogen-bond acceptors (Lipinski definition) is 2. The van der Waals surface area contributed by atoms with Gasteiger partial charge >= 0.3 is 6.03 Å². The molecule has 0 radical (unpaired) electrons. The molecule has 18 heavy (non-hydrogen) atoms. The van der Waals surface area contributed by atoms with Gasteiger partial charge in [0.2, 0.25) is 0 Å². The van der Waals surface area contributed by atoms with Gasteiger partial charge in [0.25, 0.3) is 0 Å². The number of carbonyl (C=O) groups is 1.